The van der Waals surface area contributed by atoms with Gasteiger partial charge >= 0.3 is 5.97 Å². The minimum absolute atomic E-state index is 0.000438. The van der Waals surface area contributed by atoms with Crippen LogP contribution >= 0.6 is 0 Å². The Morgan fingerprint density at radius 1 is 1.29 bits per heavy atom. The molecule has 2 aliphatic heterocycles. The van der Waals surface area contributed by atoms with Gasteiger partial charge in [0, 0.05) is 13.8 Å². The van der Waals surface area contributed by atoms with Crippen molar-refractivity contribution in [3.63, 3.8) is 0 Å². The number of H-pyrrole nitrogens is 1. The van der Waals surface area contributed by atoms with Gasteiger partial charge in [0.2, 0.25) is 11.9 Å². The van der Waals surface area contributed by atoms with E-state index in [9.17, 15) is 14.4 Å². The molecule has 0 radical (unpaired) electrons. The Morgan fingerprint density at radius 3 is 2.83 bits per heavy atom. The summed E-state index contributed by atoms with van der Waals surface area (Å²) in [7, 11) is 0. The normalized spacial score (nSPS) is 25.5. The summed E-state index contributed by atoms with van der Waals surface area (Å²) in [6, 6.07) is 9.71. The van der Waals surface area contributed by atoms with Gasteiger partial charge in [0.1, 0.15) is 18.9 Å². The predicted molar refractivity (Wildman–Crippen MR) is 121 cm³/mol. The van der Waals surface area contributed by atoms with Crippen LogP contribution in [0.15, 0.2) is 41.5 Å². The van der Waals surface area contributed by atoms with Crippen LogP contribution in [0.2, 0.25) is 0 Å². The fourth-order valence-corrected chi connectivity index (χ4v) is 4.61. The quantitative estimate of drug-likeness (QED) is 0.472. The van der Waals surface area contributed by atoms with Crippen LogP contribution in [-0.2, 0) is 35.1 Å². The molecule has 184 valence electrons. The number of aromatic nitrogens is 4. The maximum absolute atomic E-state index is 12.5. The van der Waals surface area contributed by atoms with Gasteiger partial charge < -0.3 is 18.9 Å². The van der Waals surface area contributed by atoms with Gasteiger partial charge in [-0.25, -0.2) is 4.98 Å². The van der Waals surface area contributed by atoms with Crippen LogP contribution in [0, 0.1) is 5.92 Å². The maximum Gasteiger partial charge on any atom is 0.302 e. The van der Waals surface area contributed by atoms with Crippen LogP contribution < -0.4 is 10.9 Å². The SMILES string of the molecule is CC(=O)Nc1nc2c(ncn2[C@@H]2O[C@@]3(COC(C)=O)COCC2[C@H]3OCc2ccccc2)c(=O)[nH]1. The van der Waals surface area contributed by atoms with Crippen molar-refractivity contribution >= 4 is 29.0 Å². The lowest BCUT2D eigenvalue weighted by Crippen LogP contribution is -2.54. The van der Waals surface area contributed by atoms with E-state index in [0.717, 1.165) is 5.56 Å². The fourth-order valence-electron chi connectivity index (χ4n) is 4.61. The molecule has 0 saturated carbocycles. The summed E-state index contributed by atoms with van der Waals surface area (Å²) >= 11 is 0. The Hall–Kier alpha value is -3.61. The number of esters is 1. The van der Waals surface area contributed by atoms with Crippen LogP contribution in [0.25, 0.3) is 11.2 Å². The van der Waals surface area contributed by atoms with E-state index in [0.29, 0.717) is 13.2 Å². The van der Waals surface area contributed by atoms with Crippen molar-refractivity contribution in [1.29, 1.82) is 0 Å². The molecule has 1 amide bonds. The largest absolute Gasteiger partial charge is 0.463 e. The number of benzene rings is 1. The van der Waals surface area contributed by atoms with Gasteiger partial charge in [0.05, 0.1) is 32.1 Å². The summed E-state index contributed by atoms with van der Waals surface area (Å²) in [5.41, 5.74) is -0.243. The van der Waals surface area contributed by atoms with Crippen molar-refractivity contribution in [2.45, 2.75) is 38.4 Å². The molecule has 1 unspecified atom stereocenters. The van der Waals surface area contributed by atoms with Crippen molar-refractivity contribution in [3.05, 3.63) is 52.6 Å². The van der Waals surface area contributed by atoms with Crippen molar-refractivity contribution in [2.24, 2.45) is 5.92 Å². The number of nitrogens with one attached hydrogen (secondary N) is 2. The third kappa shape index (κ3) is 4.43. The number of hydrogen-bond donors (Lipinski definition) is 2. The summed E-state index contributed by atoms with van der Waals surface area (Å²) in [5.74, 6) is -1.14. The first-order chi connectivity index (χ1) is 16.9. The van der Waals surface area contributed by atoms with Crippen molar-refractivity contribution in [1.82, 2.24) is 19.5 Å². The Labute approximate surface area is 199 Å². The average molecular weight is 483 g/mol. The molecule has 2 aromatic heterocycles. The fraction of sp³-hybridized carbons (Fsp3) is 0.435. The lowest BCUT2D eigenvalue weighted by Gasteiger charge is -2.37. The van der Waals surface area contributed by atoms with E-state index in [-0.39, 0.29) is 42.2 Å². The molecule has 2 aliphatic rings. The summed E-state index contributed by atoms with van der Waals surface area (Å²) in [4.78, 5) is 46.7. The zero-order valence-electron chi connectivity index (χ0n) is 19.2. The highest BCUT2D eigenvalue weighted by atomic mass is 16.6. The lowest BCUT2D eigenvalue weighted by molar-refractivity contribution is -0.193. The van der Waals surface area contributed by atoms with Crippen LogP contribution in [0.5, 0.6) is 0 Å². The van der Waals surface area contributed by atoms with Crippen LogP contribution in [-0.4, -0.2) is 62.9 Å². The van der Waals surface area contributed by atoms with Crippen molar-refractivity contribution < 1.29 is 28.5 Å². The molecule has 12 heteroatoms. The summed E-state index contributed by atoms with van der Waals surface area (Å²) in [6.45, 7) is 3.38. The molecular formula is C23H25N5O7. The van der Waals surface area contributed by atoms with Crippen LogP contribution in [0.4, 0.5) is 5.95 Å². The van der Waals surface area contributed by atoms with E-state index in [4.69, 9.17) is 18.9 Å². The molecule has 4 heterocycles. The number of fused-ring (bicyclic) bond motifs is 3. The van der Waals surface area contributed by atoms with Crippen LogP contribution in [0.1, 0.15) is 25.6 Å². The van der Waals surface area contributed by atoms with Gasteiger partial charge in [0.15, 0.2) is 16.8 Å². The standard InChI is InChI=1S/C23H25N5O7/c1-13(29)25-22-26-19-17(20(31)27-22)24-12-28(19)21-16-9-32-10-23(35-21,11-34-14(2)30)18(16)33-8-15-6-4-3-5-7-15/h3-7,12,16,18,21H,8-11H2,1-2H3,(H2,25,26,27,29,31)/t16?,18-,21-,23-/m1/s1. The Kier molecular flexibility index (Phi) is 6.09. The third-order valence-electron chi connectivity index (χ3n) is 6.08. The van der Waals surface area contributed by atoms with Gasteiger partial charge in [-0.3, -0.25) is 29.3 Å². The number of rotatable bonds is 7. The zero-order valence-corrected chi connectivity index (χ0v) is 19.2. The van der Waals surface area contributed by atoms with E-state index in [1.54, 1.807) is 4.57 Å². The van der Waals surface area contributed by atoms with Gasteiger partial charge in [0.25, 0.3) is 5.56 Å². The highest BCUT2D eigenvalue weighted by Crippen LogP contribution is 2.47. The predicted octanol–water partition coefficient (Wildman–Crippen LogP) is 1.14. The maximum atomic E-state index is 12.5. The topological polar surface area (TPSA) is 147 Å². The molecule has 2 saturated heterocycles. The molecular weight excluding hydrogens is 458 g/mol. The molecule has 5 rings (SSSR count). The number of aromatic amines is 1. The van der Waals surface area contributed by atoms with Gasteiger partial charge in [-0.15, -0.1) is 0 Å². The first kappa shape index (κ1) is 23.1. The highest BCUT2D eigenvalue weighted by molar-refractivity contribution is 5.87. The Bertz CT molecular complexity index is 1310. The number of carbonyl (C=O) groups excluding carboxylic acids is 2. The molecule has 0 spiro atoms. The second-order valence-electron chi connectivity index (χ2n) is 8.67. The average Bonchev–Trinajstić information content (AvgIpc) is 3.31. The van der Waals surface area contributed by atoms with E-state index >= 15 is 0 Å². The number of amides is 1. The van der Waals surface area contributed by atoms with Gasteiger partial charge in [-0.05, 0) is 5.56 Å². The lowest BCUT2D eigenvalue weighted by atomic mass is 9.88. The highest BCUT2D eigenvalue weighted by Gasteiger charge is 2.60. The molecule has 1 aromatic carbocycles. The summed E-state index contributed by atoms with van der Waals surface area (Å²) in [5, 5.41) is 2.48. The number of imidazole rings is 1. The molecule has 2 fully saturated rings. The first-order valence-electron chi connectivity index (χ1n) is 11.2. The molecule has 2 bridgehead atoms. The molecule has 3 aromatic rings. The first-order valence-corrected chi connectivity index (χ1v) is 11.2. The van der Waals surface area contributed by atoms with Crippen molar-refractivity contribution in [3.8, 4) is 0 Å². The molecule has 2 N–H and O–H groups in total. The third-order valence-corrected chi connectivity index (χ3v) is 6.08. The molecule has 35 heavy (non-hydrogen) atoms. The van der Waals surface area contributed by atoms with Gasteiger partial charge in [-0.1, -0.05) is 30.3 Å². The molecule has 12 nitrogen and oxygen atoms in total. The van der Waals surface area contributed by atoms with E-state index in [2.05, 4.69) is 20.3 Å². The summed E-state index contributed by atoms with van der Waals surface area (Å²) in [6.07, 6.45) is 0.317. The minimum atomic E-state index is -1.06. The zero-order chi connectivity index (χ0) is 24.6. The van der Waals surface area contributed by atoms with E-state index < -0.39 is 29.5 Å². The number of hydrogen-bond acceptors (Lipinski definition) is 9. The van der Waals surface area contributed by atoms with E-state index in [1.165, 1.54) is 20.2 Å². The summed E-state index contributed by atoms with van der Waals surface area (Å²) < 4.78 is 25.7. The number of carbonyl (C=O) groups is 2. The number of nitrogens with zero attached hydrogens (tertiary/aromatic N) is 3. The Morgan fingerprint density at radius 2 is 2.09 bits per heavy atom. The molecule has 4 atom stereocenters. The van der Waals surface area contributed by atoms with Crippen molar-refractivity contribution in [2.75, 3.05) is 25.1 Å². The monoisotopic (exact) mass is 483 g/mol. The number of anilines is 1. The van der Waals surface area contributed by atoms with E-state index in [1.807, 2.05) is 30.3 Å². The van der Waals surface area contributed by atoms with Gasteiger partial charge in [-0.2, -0.15) is 4.98 Å². The minimum Gasteiger partial charge on any atom is -0.463 e. The second-order valence-corrected chi connectivity index (χ2v) is 8.67. The van der Waals surface area contributed by atoms with Crippen LogP contribution in [0.3, 0.4) is 0 Å². The Balaban J connectivity index is 1.51. The molecule has 0 aliphatic carbocycles. The smallest absolute Gasteiger partial charge is 0.302 e. The second kappa shape index (κ2) is 9.21. The number of ether oxygens (including phenoxy) is 4.